The third kappa shape index (κ3) is 2.53. The van der Waals surface area contributed by atoms with Crippen molar-refractivity contribution in [2.75, 3.05) is 20.2 Å². The third-order valence-corrected chi connectivity index (χ3v) is 6.45. The van der Waals surface area contributed by atoms with Crippen molar-refractivity contribution in [3.8, 4) is 5.75 Å². The molecule has 27 heavy (non-hydrogen) atoms. The Bertz CT molecular complexity index is 1010. The molecule has 2 N–H and O–H groups in total. The minimum Gasteiger partial charge on any atom is -0.497 e. The molecule has 140 valence electrons. The molecule has 3 fully saturated rings. The van der Waals surface area contributed by atoms with Crippen LogP contribution in [-0.4, -0.2) is 51.2 Å². The molecule has 0 saturated carbocycles. The molecule has 0 amide bonds. The van der Waals surface area contributed by atoms with Gasteiger partial charge in [0.05, 0.1) is 12.6 Å². The van der Waals surface area contributed by atoms with E-state index in [0.29, 0.717) is 17.9 Å². The first-order valence-corrected chi connectivity index (χ1v) is 9.50. The number of benzene rings is 1. The highest BCUT2D eigenvalue weighted by Gasteiger charge is 2.41. The zero-order valence-corrected chi connectivity index (χ0v) is 15.5. The summed E-state index contributed by atoms with van der Waals surface area (Å²) in [5.41, 5.74) is 9.62. The summed E-state index contributed by atoms with van der Waals surface area (Å²) in [4.78, 5) is 2.54. The molecule has 7 nitrogen and oxygen atoms in total. The van der Waals surface area contributed by atoms with Crippen molar-refractivity contribution in [2.24, 2.45) is 17.6 Å². The Kier molecular flexibility index (Phi) is 3.87. The van der Waals surface area contributed by atoms with E-state index in [1.807, 2.05) is 24.3 Å². The Morgan fingerprint density at radius 3 is 3.00 bits per heavy atom. The molecule has 1 unspecified atom stereocenters. The molecule has 3 aromatic rings. The van der Waals surface area contributed by atoms with E-state index in [4.69, 9.17) is 10.5 Å². The number of rotatable bonds is 4. The van der Waals surface area contributed by atoms with Gasteiger partial charge in [-0.3, -0.25) is 4.90 Å². The van der Waals surface area contributed by atoms with Crippen molar-refractivity contribution >= 4 is 16.6 Å². The highest BCUT2D eigenvalue weighted by molar-refractivity contribution is 5.87. The third-order valence-electron chi connectivity index (χ3n) is 6.45. The Morgan fingerprint density at radius 1 is 1.37 bits per heavy atom. The van der Waals surface area contributed by atoms with Crippen molar-refractivity contribution in [1.29, 1.82) is 0 Å². The smallest absolute Gasteiger partial charge is 0.180 e. The molecule has 2 aromatic heterocycles. The zero-order valence-electron chi connectivity index (χ0n) is 15.5. The number of fused-ring (bicyclic) bond motifs is 6. The molecule has 0 radical (unpaired) electrons. The minimum atomic E-state index is -0.102. The fourth-order valence-electron chi connectivity index (χ4n) is 4.96. The van der Waals surface area contributed by atoms with Crippen LogP contribution < -0.4 is 10.5 Å². The van der Waals surface area contributed by atoms with Crippen molar-refractivity contribution in [3.05, 3.63) is 42.5 Å². The minimum absolute atomic E-state index is 0.102. The maximum Gasteiger partial charge on any atom is 0.180 e. The van der Waals surface area contributed by atoms with E-state index in [0.717, 1.165) is 47.4 Å². The van der Waals surface area contributed by atoms with Crippen molar-refractivity contribution in [1.82, 2.24) is 24.9 Å². The van der Waals surface area contributed by atoms with E-state index >= 15 is 0 Å². The van der Waals surface area contributed by atoms with Crippen molar-refractivity contribution in [3.63, 3.8) is 0 Å². The Morgan fingerprint density at radius 2 is 2.26 bits per heavy atom. The lowest BCUT2D eigenvalue weighted by Gasteiger charge is -2.51. The molecule has 5 heterocycles. The summed E-state index contributed by atoms with van der Waals surface area (Å²) < 4.78 is 7.21. The van der Waals surface area contributed by atoms with E-state index in [2.05, 4.69) is 33.1 Å². The first-order chi connectivity index (χ1) is 13.2. The maximum absolute atomic E-state index is 6.87. The lowest BCUT2D eigenvalue weighted by molar-refractivity contribution is 0.00750. The predicted molar refractivity (Wildman–Crippen MR) is 104 cm³/mol. The summed E-state index contributed by atoms with van der Waals surface area (Å²) in [6.45, 7) is 6.20. The van der Waals surface area contributed by atoms with Crippen LogP contribution >= 0.6 is 0 Å². The second-order valence-electron chi connectivity index (χ2n) is 7.70. The second kappa shape index (κ2) is 6.28. The van der Waals surface area contributed by atoms with Gasteiger partial charge in [0.15, 0.2) is 5.65 Å². The molecule has 0 aliphatic carbocycles. The van der Waals surface area contributed by atoms with Gasteiger partial charge in [-0.15, -0.1) is 11.7 Å². The molecule has 3 aliphatic heterocycles. The predicted octanol–water partition coefficient (Wildman–Crippen LogP) is 2.18. The largest absolute Gasteiger partial charge is 0.497 e. The van der Waals surface area contributed by atoms with Crippen molar-refractivity contribution < 1.29 is 4.74 Å². The van der Waals surface area contributed by atoms with E-state index in [1.54, 1.807) is 11.6 Å². The van der Waals surface area contributed by atoms with Crippen LogP contribution in [0.2, 0.25) is 0 Å². The summed E-state index contributed by atoms with van der Waals surface area (Å²) in [6.07, 6.45) is 4.47. The maximum atomic E-state index is 6.87. The highest BCUT2D eigenvalue weighted by atomic mass is 16.5. The van der Waals surface area contributed by atoms with Gasteiger partial charge in [-0.2, -0.15) is 4.52 Å². The van der Waals surface area contributed by atoms with Crippen LogP contribution in [0.15, 0.2) is 36.9 Å². The van der Waals surface area contributed by atoms with E-state index in [1.165, 1.54) is 6.42 Å². The van der Waals surface area contributed by atoms with Crippen molar-refractivity contribution in [2.45, 2.75) is 24.9 Å². The van der Waals surface area contributed by atoms with Gasteiger partial charge in [-0.1, -0.05) is 6.08 Å². The number of nitrogens with two attached hydrogens (primary N) is 1. The van der Waals surface area contributed by atoms with Gasteiger partial charge in [0.2, 0.25) is 0 Å². The van der Waals surface area contributed by atoms with Crippen LogP contribution in [0.1, 0.15) is 24.4 Å². The number of methoxy groups -OCH3 is 1. The van der Waals surface area contributed by atoms with Crippen LogP contribution in [0.25, 0.3) is 16.6 Å². The van der Waals surface area contributed by atoms with Crippen LogP contribution in [0.5, 0.6) is 5.75 Å². The second-order valence-corrected chi connectivity index (χ2v) is 7.70. The lowest BCUT2D eigenvalue weighted by atomic mass is 9.73. The number of hydrogen-bond donors (Lipinski definition) is 1. The van der Waals surface area contributed by atoms with Gasteiger partial charge in [0.25, 0.3) is 0 Å². The molecule has 0 spiro atoms. The number of hydrogen-bond acceptors (Lipinski definition) is 6. The van der Waals surface area contributed by atoms with E-state index < -0.39 is 0 Å². The van der Waals surface area contributed by atoms with Crippen LogP contribution in [0.3, 0.4) is 0 Å². The number of piperidine rings is 3. The average molecular weight is 364 g/mol. The van der Waals surface area contributed by atoms with Crippen LogP contribution in [0.4, 0.5) is 0 Å². The molecule has 5 atom stereocenters. The number of tetrazole rings is 1. The average Bonchev–Trinajstić information content (AvgIpc) is 3.21. The number of pyridine rings is 1. The molecular formula is C20H24N6O. The Labute approximate surface area is 157 Å². The summed E-state index contributed by atoms with van der Waals surface area (Å²) in [7, 11) is 1.68. The molecular weight excluding hydrogens is 340 g/mol. The van der Waals surface area contributed by atoms with Gasteiger partial charge in [0, 0.05) is 24.0 Å². The first-order valence-electron chi connectivity index (χ1n) is 9.50. The topological polar surface area (TPSA) is 81.6 Å². The fraction of sp³-hybridized carbons (Fsp3) is 0.450. The number of ether oxygens (including phenoxy) is 1. The number of aromatic nitrogens is 4. The SMILES string of the molecule is C=C[C@H]1CN2CC[C@H]1C[C@H]2[C@@H](N)c1cc2nnnn2c2ccc(OC)cc12. The van der Waals surface area contributed by atoms with Crippen LogP contribution in [0, 0.1) is 11.8 Å². The zero-order chi connectivity index (χ0) is 18.5. The summed E-state index contributed by atoms with van der Waals surface area (Å²) >= 11 is 0. The summed E-state index contributed by atoms with van der Waals surface area (Å²) in [5, 5.41) is 13.2. The molecule has 6 rings (SSSR count). The molecule has 1 aromatic carbocycles. The fourth-order valence-corrected chi connectivity index (χ4v) is 4.96. The number of nitrogens with zero attached hydrogens (tertiary/aromatic N) is 5. The molecule has 2 bridgehead atoms. The quantitative estimate of drug-likeness (QED) is 0.715. The van der Waals surface area contributed by atoms with Gasteiger partial charge >= 0.3 is 0 Å². The van der Waals surface area contributed by atoms with Gasteiger partial charge < -0.3 is 10.5 Å². The highest BCUT2D eigenvalue weighted by Crippen LogP contribution is 2.41. The summed E-state index contributed by atoms with van der Waals surface area (Å²) in [6, 6.07) is 8.21. The first kappa shape index (κ1) is 16.6. The normalized spacial score (nSPS) is 28.5. The molecule has 7 heteroatoms. The van der Waals surface area contributed by atoms with E-state index in [9.17, 15) is 0 Å². The van der Waals surface area contributed by atoms with Gasteiger partial charge in [0.1, 0.15) is 5.75 Å². The summed E-state index contributed by atoms with van der Waals surface area (Å²) in [5.74, 6) is 2.07. The Balaban J connectivity index is 1.61. The lowest BCUT2D eigenvalue weighted by Crippen LogP contribution is -2.56. The molecule has 3 saturated heterocycles. The monoisotopic (exact) mass is 364 g/mol. The Hall–Kier alpha value is -2.51. The standard InChI is InChI=1S/C20H24N6O/c1-3-12-11-25-7-6-13(12)8-18(25)20(21)16-10-19-22-23-24-26(19)17-5-4-14(27-2)9-15(16)17/h3-5,9-10,12-13,18,20H,1,6-8,11,21H2,2H3/t12-,13-,18-,20-/m0/s1. The molecule has 3 aliphatic rings. The van der Waals surface area contributed by atoms with Gasteiger partial charge in [-0.05, 0) is 71.5 Å². The van der Waals surface area contributed by atoms with E-state index in [-0.39, 0.29) is 6.04 Å². The van der Waals surface area contributed by atoms with Gasteiger partial charge in [-0.25, -0.2) is 0 Å². The van der Waals surface area contributed by atoms with Crippen LogP contribution in [-0.2, 0) is 0 Å².